The molecule has 1 amide bonds. The molecule has 3 saturated heterocycles. The van der Waals surface area contributed by atoms with Crippen LogP contribution in [0.4, 0.5) is 26.3 Å². The molecule has 3 aliphatic rings. The number of alkyl halides is 3. The fourth-order valence-electron chi connectivity index (χ4n) is 6.30. The predicted octanol–water partition coefficient (Wildman–Crippen LogP) is 3.61. The van der Waals surface area contributed by atoms with Crippen LogP contribution >= 0.6 is 0 Å². The molecule has 210 valence electrons. The number of piperidine rings is 2. The Bertz CT molecular complexity index is 1250. The molecule has 3 heterocycles. The molecule has 1 aromatic carbocycles. The van der Waals surface area contributed by atoms with Crippen molar-refractivity contribution in [2.45, 2.75) is 68.6 Å². The van der Waals surface area contributed by atoms with Crippen molar-refractivity contribution in [1.82, 2.24) is 14.5 Å². The van der Waals surface area contributed by atoms with Crippen molar-refractivity contribution in [2.75, 3.05) is 26.2 Å². The SMILES string of the molecule is Cc1c(F)c(S(=O)(=O)N2CCCC23CCCN(C(=O)C2C(C)NCCC2C(F)(F)F)C3)c(F)c(F)c1C#N. The van der Waals surface area contributed by atoms with Crippen molar-refractivity contribution in [2.24, 2.45) is 11.8 Å². The van der Waals surface area contributed by atoms with Crippen molar-refractivity contribution in [3.05, 3.63) is 28.6 Å². The average molecular weight is 567 g/mol. The first-order valence-electron chi connectivity index (χ1n) is 12.4. The lowest BCUT2D eigenvalue weighted by Crippen LogP contribution is -2.62. The number of nitrogens with zero attached hydrogens (tertiary/aromatic N) is 3. The molecule has 3 aliphatic heterocycles. The van der Waals surface area contributed by atoms with Crippen LogP contribution in [0.15, 0.2) is 4.90 Å². The number of rotatable bonds is 3. The second kappa shape index (κ2) is 9.98. The van der Waals surface area contributed by atoms with Crippen LogP contribution in [0.1, 0.15) is 50.2 Å². The lowest BCUT2D eigenvalue weighted by Gasteiger charge is -2.47. The zero-order valence-corrected chi connectivity index (χ0v) is 21.7. The van der Waals surface area contributed by atoms with Gasteiger partial charge < -0.3 is 10.2 Å². The average Bonchev–Trinajstić information content (AvgIpc) is 3.25. The van der Waals surface area contributed by atoms with Gasteiger partial charge in [-0.25, -0.2) is 21.6 Å². The summed E-state index contributed by atoms with van der Waals surface area (Å²) in [5, 5.41) is 11.9. The highest BCUT2D eigenvalue weighted by Crippen LogP contribution is 2.44. The lowest BCUT2D eigenvalue weighted by atomic mass is 9.78. The number of nitriles is 1. The van der Waals surface area contributed by atoms with Gasteiger partial charge in [0.1, 0.15) is 6.07 Å². The van der Waals surface area contributed by atoms with E-state index in [2.05, 4.69) is 5.32 Å². The van der Waals surface area contributed by atoms with Gasteiger partial charge in [0.2, 0.25) is 15.9 Å². The third kappa shape index (κ3) is 4.56. The summed E-state index contributed by atoms with van der Waals surface area (Å²) in [6.07, 6.45) is -3.93. The minimum Gasteiger partial charge on any atom is -0.340 e. The van der Waals surface area contributed by atoms with E-state index in [-0.39, 0.29) is 58.3 Å². The fraction of sp³-hybridized carbons (Fsp3) is 0.667. The Balaban J connectivity index is 1.70. The zero-order valence-electron chi connectivity index (χ0n) is 20.8. The van der Waals surface area contributed by atoms with Crippen LogP contribution in [0.3, 0.4) is 0 Å². The van der Waals surface area contributed by atoms with Gasteiger partial charge in [-0.1, -0.05) is 0 Å². The Morgan fingerprint density at radius 2 is 1.74 bits per heavy atom. The molecule has 1 N–H and O–H groups in total. The standard InChI is InChI=1S/C24H28F6N4O3S/c1-13-15(11-31)19(26)20(27)21(18(13)25)38(36,37)34-10-4-7-23(34)6-3-9-33(12-23)22(35)17-14(2)32-8-5-16(17)24(28,29)30/h14,16-17,32H,3-10,12H2,1-2H3. The highest BCUT2D eigenvalue weighted by Gasteiger charge is 2.55. The van der Waals surface area contributed by atoms with E-state index >= 15 is 4.39 Å². The molecule has 3 fully saturated rings. The second-order valence-electron chi connectivity index (χ2n) is 10.4. The number of amides is 1. The molecule has 0 bridgehead atoms. The van der Waals surface area contributed by atoms with E-state index in [4.69, 9.17) is 5.26 Å². The summed E-state index contributed by atoms with van der Waals surface area (Å²) in [6, 6.07) is 0.558. The summed E-state index contributed by atoms with van der Waals surface area (Å²) < 4.78 is 114. The van der Waals surface area contributed by atoms with E-state index in [1.807, 2.05) is 0 Å². The van der Waals surface area contributed by atoms with Crippen LogP contribution in [0.25, 0.3) is 0 Å². The number of halogens is 6. The van der Waals surface area contributed by atoms with Crippen molar-refractivity contribution in [3.63, 3.8) is 0 Å². The minimum absolute atomic E-state index is 0.1000. The van der Waals surface area contributed by atoms with E-state index in [1.54, 1.807) is 0 Å². The number of hydrogen-bond acceptors (Lipinski definition) is 5. The largest absolute Gasteiger partial charge is 0.392 e. The molecule has 0 saturated carbocycles. The summed E-state index contributed by atoms with van der Waals surface area (Å²) in [5.74, 6) is -9.40. The highest BCUT2D eigenvalue weighted by atomic mass is 32.2. The molecule has 1 spiro atoms. The maximum atomic E-state index is 15.1. The van der Waals surface area contributed by atoms with Gasteiger partial charge in [0.25, 0.3) is 0 Å². The van der Waals surface area contributed by atoms with Gasteiger partial charge in [0.05, 0.1) is 22.9 Å². The Labute approximate surface area is 216 Å². The molecule has 4 unspecified atom stereocenters. The Hall–Kier alpha value is -2.37. The minimum atomic E-state index is -4.99. The summed E-state index contributed by atoms with van der Waals surface area (Å²) in [7, 11) is -4.99. The van der Waals surface area contributed by atoms with Crippen LogP contribution in [0.5, 0.6) is 0 Å². The summed E-state index contributed by atoms with van der Waals surface area (Å²) >= 11 is 0. The molecule has 38 heavy (non-hydrogen) atoms. The maximum absolute atomic E-state index is 15.1. The third-order valence-electron chi connectivity index (χ3n) is 8.17. The molecular weight excluding hydrogens is 538 g/mol. The van der Waals surface area contributed by atoms with Crippen molar-refractivity contribution in [1.29, 1.82) is 5.26 Å². The molecule has 1 aromatic rings. The molecule has 0 aliphatic carbocycles. The van der Waals surface area contributed by atoms with Gasteiger partial charge in [-0.3, -0.25) is 4.79 Å². The summed E-state index contributed by atoms with van der Waals surface area (Å²) in [6.45, 7) is 2.25. The fourth-order valence-corrected chi connectivity index (χ4v) is 8.34. The first-order chi connectivity index (χ1) is 17.7. The third-order valence-corrected chi connectivity index (χ3v) is 10.2. The van der Waals surface area contributed by atoms with E-state index < -0.39 is 79.0 Å². The second-order valence-corrected chi connectivity index (χ2v) is 12.2. The normalized spacial score (nSPS) is 29.0. The quantitative estimate of drug-likeness (QED) is 0.446. The monoisotopic (exact) mass is 566 g/mol. The smallest absolute Gasteiger partial charge is 0.340 e. The lowest BCUT2D eigenvalue weighted by molar-refractivity contribution is -0.203. The number of carbonyl (C=O) groups excluding carboxylic acids is 1. The van der Waals surface area contributed by atoms with Gasteiger partial charge in [-0.2, -0.15) is 22.7 Å². The van der Waals surface area contributed by atoms with Gasteiger partial charge in [0, 0.05) is 31.2 Å². The number of sulfonamides is 1. The first-order valence-corrected chi connectivity index (χ1v) is 13.8. The van der Waals surface area contributed by atoms with Crippen LogP contribution < -0.4 is 5.32 Å². The Kier molecular flexibility index (Phi) is 7.52. The number of benzene rings is 1. The Morgan fingerprint density at radius 1 is 1.11 bits per heavy atom. The molecule has 4 atom stereocenters. The number of carbonyl (C=O) groups is 1. The molecule has 7 nitrogen and oxygen atoms in total. The summed E-state index contributed by atoms with van der Waals surface area (Å²) in [4.78, 5) is 13.2. The predicted molar refractivity (Wildman–Crippen MR) is 123 cm³/mol. The van der Waals surface area contributed by atoms with Crippen molar-refractivity contribution in [3.8, 4) is 6.07 Å². The van der Waals surface area contributed by atoms with Crippen LogP contribution in [-0.4, -0.2) is 67.5 Å². The number of nitrogens with one attached hydrogen (secondary N) is 1. The van der Waals surface area contributed by atoms with Crippen molar-refractivity contribution >= 4 is 15.9 Å². The molecule has 0 aromatic heterocycles. The van der Waals surface area contributed by atoms with Gasteiger partial charge in [-0.05, 0) is 52.5 Å². The van der Waals surface area contributed by atoms with E-state index in [0.29, 0.717) is 0 Å². The van der Waals surface area contributed by atoms with Gasteiger partial charge in [-0.15, -0.1) is 0 Å². The van der Waals surface area contributed by atoms with Gasteiger partial charge >= 0.3 is 6.18 Å². The van der Waals surface area contributed by atoms with Crippen LogP contribution in [-0.2, 0) is 14.8 Å². The highest BCUT2D eigenvalue weighted by molar-refractivity contribution is 7.89. The van der Waals surface area contributed by atoms with E-state index in [0.717, 1.165) is 11.2 Å². The first kappa shape index (κ1) is 28.6. The Morgan fingerprint density at radius 3 is 2.34 bits per heavy atom. The topological polar surface area (TPSA) is 93.5 Å². The van der Waals surface area contributed by atoms with Crippen molar-refractivity contribution < 1.29 is 39.6 Å². The number of likely N-dealkylation sites (tertiary alicyclic amines) is 1. The van der Waals surface area contributed by atoms with Crippen LogP contribution in [0, 0.1) is 47.5 Å². The number of hydrogen-bond donors (Lipinski definition) is 1. The molecular formula is C24H28F6N4O3S. The van der Waals surface area contributed by atoms with Gasteiger partial charge in [0.15, 0.2) is 22.3 Å². The molecule has 14 heteroatoms. The van der Waals surface area contributed by atoms with Crippen LogP contribution in [0.2, 0.25) is 0 Å². The zero-order chi connectivity index (χ0) is 28.2. The molecule has 4 rings (SSSR count). The maximum Gasteiger partial charge on any atom is 0.392 e. The molecule has 0 radical (unpaired) electrons. The van der Waals surface area contributed by atoms with E-state index in [1.165, 1.54) is 17.9 Å². The van der Waals surface area contributed by atoms with E-state index in [9.17, 15) is 35.2 Å². The summed E-state index contributed by atoms with van der Waals surface area (Å²) in [5.41, 5.74) is -2.92.